The van der Waals surface area contributed by atoms with E-state index >= 15 is 0 Å². The molecule has 0 atom stereocenters. The lowest BCUT2D eigenvalue weighted by atomic mass is 10.1. The minimum absolute atomic E-state index is 0.0403. The van der Waals surface area contributed by atoms with Gasteiger partial charge >= 0.3 is 0 Å². The van der Waals surface area contributed by atoms with Gasteiger partial charge in [-0.05, 0) is 37.6 Å². The van der Waals surface area contributed by atoms with Crippen molar-refractivity contribution in [3.8, 4) is 0 Å². The Hall–Kier alpha value is -2.68. The topological polar surface area (TPSA) is 34.9 Å². The second-order valence-electron chi connectivity index (χ2n) is 5.08. The first-order chi connectivity index (χ1) is 10.1. The van der Waals surface area contributed by atoms with E-state index in [0.717, 1.165) is 11.1 Å². The van der Waals surface area contributed by atoms with Crippen molar-refractivity contribution < 1.29 is 0 Å². The molecule has 3 heteroatoms. The van der Waals surface area contributed by atoms with Crippen LogP contribution in [0.4, 0.5) is 0 Å². The van der Waals surface area contributed by atoms with Crippen molar-refractivity contribution in [3.63, 3.8) is 0 Å². The molecule has 21 heavy (non-hydrogen) atoms. The van der Waals surface area contributed by atoms with E-state index in [1.807, 2.05) is 55.5 Å². The Morgan fingerprint density at radius 3 is 2.48 bits per heavy atom. The Kier molecular flexibility index (Phi) is 3.40. The number of nitrogens with zero attached hydrogens (tertiary/aromatic N) is 2. The molecule has 0 amide bonds. The molecule has 0 aliphatic rings. The number of hydrogen-bond donors (Lipinski definition) is 0. The summed E-state index contributed by atoms with van der Waals surface area (Å²) in [6.07, 6.45) is 3.70. The monoisotopic (exact) mass is 276 g/mol. The number of aryl methyl sites for hydroxylation is 2. The molecule has 0 aliphatic carbocycles. The molecule has 3 aromatic rings. The number of para-hydroxylation sites is 1. The van der Waals surface area contributed by atoms with Crippen LogP contribution in [-0.4, -0.2) is 9.55 Å². The normalized spacial score (nSPS) is 11.3. The first-order valence-corrected chi connectivity index (χ1v) is 6.88. The van der Waals surface area contributed by atoms with Gasteiger partial charge in [-0.3, -0.25) is 9.36 Å². The van der Waals surface area contributed by atoms with Gasteiger partial charge < -0.3 is 0 Å². The van der Waals surface area contributed by atoms with E-state index in [4.69, 9.17) is 0 Å². The molecule has 0 aliphatic heterocycles. The lowest BCUT2D eigenvalue weighted by Crippen LogP contribution is -2.19. The Morgan fingerprint density at radius 1 is 1.00 bits per heavy atom. The van der Waals surface area contributed by atoms with Crippen molar-refractivity contribution in [2.75, 3.05) is 0 Å². The van der Waals surface area contributed by atoms with Crippen LogP contribution in [-0.2, 0) is 0 Å². The van der Waals surface area contributed by atoms with Gasteiger partial charge in [0.25, 0.3) is 5.56 Å². The highest BCUT2D eigenvalue weighted by Gasteiger charge is 2.04. The van der Waals surface area contributed by atoms with Gasteiger partial charge in [-0.15, -0.1) is 0 Å². The third-order valence-electron chi connectivity index (χ3n) is 3.48. The van der Waals surface area contributed by atoms with Gasteiger partial charge in [0.15, 0.2) is 0 Å². The smallest absolute Gasteiger partial charge is 0.265 e. The Bertz CT molecular complexity index is 874. The molecule has 1 aromatic heterocycles. The zero-order valence-electron chi connectivity index (χ0n) is 12.1. The predicted molar refractivity (Wildman–Crippen MR) is 87.1 cm³/mol. The molecular formula is C18H16N2O. The number of aromatic nitrogens is 2. The van der Waals surface area contributed by atoms with Crippen molar-refractivity contribution >= 4 is 23.2 Å². The first-order valence-electron chi connectivity index (χ1n) is 6.88. The van der Waals surface area contributed by atoms with Crippen molar-refractivity contribution in [2.24, 2.45) is 0 Å². The summed E-state index contributed by atoms with van der Waals surface area (Å²) in [6, 6.07) is 15.6. The Morgan fingerprint density at radius 2 is 1.71 bits per heavy atom. The average Bonchev–Trinajstić information content (AvgIpc) is 2.49. The highest BCUT2D eigenvalue weighted by atomic mass is 16.1. The molecule has 0 bridgehead atoms. The van der Waals surface area contributed by atoms with Crippen LogP contribution in [0.25, 0.3) is 23.2 Å². The maximum absolute atomic E-state index is 12.5. The molecule has 0 fully saturated rings. The lowest BCUT2D eigenvalue weighted by Gasteiger charge is -2.06. The number of rotatable bonds is 2. The van der Waals surface area contributed by atoms with E-state index in [1.165, 1.54) is 5.56 Å². The van der Waals surface area contributed by atoms with Gasteiger partial charge in [0, 0.05) is 6.20 Å². The molecule has 104 valence electrons. The molecule has 0 saturated heterocycles. The molecule has 2 aromatic carbocycles. The fourth-order valence-corrected chi connectivity index (χ4v) is 2.27. The fourth-order valence-electron chi connectivity index (χ4n) is 2.27. The third kappa shape index (κ3) is 2.63. The second-order valence-corrected chi connectivity index (χ2v) is 5.08. The largest absolute Gasteiger partial charge is 0.271 e. The molecule has 3 rings (SSSR count). The van der Waals surface area contributed by atoms with Crippen LogP contribution >= 0.6 is 0 Å². The molecule has 0 unspecified atom stereocenters. The minimum atomic E-state index is -0.0403. The first kappa shape index (κ1) is 13.3. The van der Waals surface area contributed by atoms with Crippen LogP contribution in [0.1, 0.15) is 17.0 Å². The Balaban J connectivity index is 2.08. The van der Waals surface area contributed by atoms with Crippen LogP contribution in [0.5, 0.6) is 0 Å². The average molecular weight is 276 g/mol. The SMILES string of the molecule is Cc1ccc(/C=C/n2c(C)nc3ccccc3c2=O)cc1. The zero-order chi connectivity index (χ0) is 14.8. The minimum Gasteiger partial charge on any atom is -0.271 e. The summed E-state index contributed by atoms with van der Waals surface area (Å²) in [5.74, 6) is 0.682. The number of fused-ring (bicyclic) bond motifs is 1. The van der Waals surface area contributed by atoms with Gasteiger partial charge in [-0.25, -0.2) is 4.98 Å². The second kappa shape index (κ2) is 5.37. The van der Waals surface area contributed by atoms with Crippen LogP contribution in [0.2, 0.25) is 0 Å². The van der Waals surface area contributed by atoms with Crippen LogP contribution < -0.4 is 5.56 Å². The maximum Gasteiger partial charge on any atom is 0.265 e. The van der Waals surface area contributed by atoms with Gasteiger partial charge in [-0.2, -0.15) is 0 Å². The summed E-state index contributed by atoms with van der Waals surface area (Å²) in [5, 5.41) is 0.636. The number of benzene rings is 2. The summed E-state index contributed by atoms with van der Waals surface area (Å²) in [6.45, 7) is 3.89. The quantitative estimate of drug-likeness (QED) is 0.716. The summed E-state index contributed by atoms with van der Waals surface area (Å²) >= 11 is 0. The molecule has 0 saturated carbocycles. The van der Waals surface area contributed by atoms with Crippen molar-refractivity contribution in [1.29, 1.82) is 0 Å². The Labute approximate surface area is 123 Å². The van der Waals surface area contributed by atoms with Crippen LogP contribution in [0.15, 0.2) is 53.3 Å². The van der Waals surface area contributed by atoms with Gasteiger partial charge in [-0.1, -0.05) is 42.0 Å². The standard InChI is InChI=1S/C18H16N2O/c1-13-7-9-15(10-8-13)11-12-20-14(2)19-17-6-4-3-5-16(17)18(20)21/h3-12H,1-2H3/b12-11+. The van der Waals surface area contributed by atoms with Crippen LogP contribution in [0.3, 0.4) is 0 Å². The van der Waals surface area contributed by atoms with Gasteiger partial charge in [0.05, 0.1) is 10.9 Å². The third-order valence-corrected chi connectivity index (χ3v) is 3.48. The highest BCUT2D eigenvalue weighted by Crippen LogP contribution is 2.09. The maximum atomic E-state index is 12.5. The lowest BCUT2D eigenvalue weighted by molar-refractivity contribution is 0.943. The van der Waals surface area contributed by atoms with E-state index in [9.17, 15) is 4.79 Å². The van der Waals surface area contributed by atoms with E-state index in [2.05, 4.69) is 11.9 Å². The van der Waals surface area contributed by atoms with E-state index in [-0.39, 0.29) is 5.56 Å². The van der Waals surface area contributed by atoms with Crippen molar-refractivity contribution in [1.82, 2.24) is 9.55 Å². The van der Waals surface area contributed by atoms with E-state index < -0.39 is 0 Å². The van der Waals surface area contributed by atoms with E-state index in [1.54, 1.807) is 16.8 Å². The molecule has 0 spiro atoms. The molecule has 3 nitrogen and oxygen atoms in total. The summed E-state index contributed by atoms with van der Waals surface area (Å²) in [4.78, 5) is 17.0. The van der Waals surface area contributed by atoms with E-state index in [0.29, 0.717) is 11.2 Å². The van der Waals surface area contributed by atoms with Gasteiger partial charge in [0.1, 0.15) is 5.82 Å². The predicted octanol–water partition coefficient (Wildman–Crippen LogP) is 3.64. The summed E-state index contributed by atoms with van der Waals surface area (Å²) < 4.78 is 1.59. The van der Waals surface area contributed by atoms with Crippen LogP contribution in [0, 0.1) is 13.8 Å². The van der Waals surface area contributed by atoms with Crippen molar-refractivity contribution in [3.05, 3.63) is 75.8 Å². The molecule has 0 radical (unpaired) electrons. The highest BCUT2D eigenvalue weighted by molar-refractivity contribution is 5.78. The summed E-state index contributed by atoms with van der Waals surface area (Å²) in [5.41, 5.74) is 2.97. The number of hydrogen-bond acceptors (Lipinski definition) is 2. The summed E-state index contributed by atoms with van der Waals surface area (Å²) in [7, 11) is 0. The molecular weight excluding hydrogens is 260 g/mol. The molecule has 1 heterocycles. The zero-order valence-corrected chi connectivity index (χ0v) is 12.1. The fraction of sp³-hybridized carbons (Fsp3) is 0.111. The molecule has 0 N–H and O–H groups in total. The van der Waals surface area contributed by atoms with Gasteiger partial charge in [0.2, 0.25) is 0 Å². The van der Waals surface area contributed by atoms with Crippen molar-refractivity contribution in [2.45, 2.75) is 13.8 Å².